The third-order valence-corrected chi connectivity index (χ3v) is 10.4. The van der Waals surface area contributed by atoms with Crippen LogP contribution in [-0.2, 0) is 25.5 Å². The first-order chi connectivity index (χ1) is 20.3. The van der Waals surface area contributed by atoms with Crippen LogP contribution in [0.25, 0.3) is 10.9 Å². The van der Waals surface area contributed by atoms with Gasteiger partial charge in [0, 0.05) is 36.9 Å². The number of nitrogens with zero attached hydrogens (tertiary/aromatic N) is 1. The number of halogens is 1. The quantitative estimate of drug-likeness (QED) is 0.333. The zero-order valence-electron chi connectivity index (χ0n) is 25.4. The van der Waals surface area contributed by atoms with Crippen LogP contribution in [-0.4, -0.2) is 66.6 Å². The zero-order valence-corrected chi connectivity index (χ0v) is 25.4. The average Bonchev–Trinajstić information content (AvgIpc) is 3.65. The number of ether oxygens (including phenoxy) is 2. The van der Waals surface area contributed by atoms with Crippen LogP contribution in [0.3, 0.4) is 0 Å². The van der Waals surface area contributed by atoms with Crippen molar-refractivity contribution in [2.75, 3.05) is 26.9 Å². The molecule has 7 nitrogen and oxygen atoms in total. The summed E-state index contributed by atoms with van der Waals surface area (Å²) in [6, 6.07) is 7.14. The zero-order chi connectivity index (χ0) is 29.8. The van der Waals surface area contributed by atoms with Gasteiger partial charge in [-0.3, -0.25) is 14.0 Å². The highest BCUT2D eigenvalue weighted by Crippen LogP contribution is 2.42. The van der Waals surface area contributed by atoms with Crippen molar-refractivity contribution in [2.24, 2.45) is 29.6 Å². The smallest absolute Gasteiger partial charge is 0.354 e. The Morgan fingerprint density at radius 2 is 1.76 bits per heavy atom. The van der Waals surface area contributed by atoms with Crippen LogP contribution in [0.4, 0.5) is 4.39 Å². The van der Waals surface area contributed by atoms with Crippen molar-refractivity contribution in [1.29, 1.82) is 0 Å². The van der Waals surface area contributed by atoms with Gasteiger partial charge in [0.05, 0.1) is 25.4 Å². The number of ketones is 1. The number of amides is 1. The number of H-pyrrole nitrogens is 1. The summed E-state index contributed by atoms with van der Waals surface area (Å²) in [5.74, 6) is 0.686. The van der Waals surface area contributed by atoms with E-state index in [1.165, 1.54) is 0 Å². The van der Waals surface area contributed by atoms with Gasteiger partial charge in [-0.2, -0.15) is 0 Å². The van der Waals surface area contributed by atoms with Gasteiger partial charge in [-0.05, 0) is 112 Å². The van der Waals surface area contributed by atoms with Crippen molar-refractivity contribution in [3.05, 3.63) is 35.5 Å². The minimum Gasteiger partial charge on any atom is -0.461 e. The van der Waals surface area contributed by atoms with E-state index in [1.807, 2.05) is 30.0 Å². The summed E-state index contributed by atoms with van der Waals surface area (Å²) in [7, 11) is 1.77. The lowest BCUT2D eigenvalue weighted by Crippen LogP contribution is -2.48. The summed E-state index contributed by atoms with van der Waals surface area (Å²) >= 11 is 0. The van der Waals surface area contributed by atoms with Crippen LogP contribution in [0.15, 0.2) is 24.3 Å². The Bertz CT molecular complexity index is 1240. The lowest BCUT2D eigenvalue weighted by molar-refractivity contribution is -0.143. The van der Waals surface area contributed by atoms with Crippen LogP contribution in [0, 0.1) is 29.6 Å². The average molecular weight is 583 g/mol. The fourth-order valence-electron chi connectivity index (χ4n) is 7.93. The second-order valence-electron chi connectivity index (χ2n) is 12.9. The Morgan fingerprint density at radius 1 is 1.02 bits per heavy atom. The van der Waals surface area contributed by atoms with Crippen molar-refractivity contribution in [1.82, 2.24) is 9.88 Å². The van der Waals surface area contributed by atoms with E-state index in [0.717, 1.165) is 74.3 Å². The van der Waals surface area contributed by atoms with E-state index >= 15 is 0 Å². The number of hydrogen-bond donors (Lipinski definition) is 1. The van der Waals surface area contributed by atoms with Gasteiger partial charge in [0.1, 0.15) is 5.69 Å². The molecule has 2 aromatic rings. The predicted molar refractivity (Wildman–Crippen MR) is 160 cm³/mol. The van der Waals surface area contributed by atoms with Crippen molar-refractivity contribution >= 4 is 28.6 Å². The van der Waals surface area contributed by atoms with Crippen molar-refractivity contribution in [3.63, 3.8) is 0 Å². The number of rotatable bonds is 10. The molecule has 0 radical (unpaired) electrons. The molecule has 1 amide bonds. The molecule has 8 heteroatoms. The minimum atomic E-state index is -0.416. The summed E-state index contributed by atoms with van der Waals surface area (Å²) in [6.45, 7) is 4.36. The Labute approximate surface area is 248 Å². The van der Waals surface area contributed by atoms with Crippen LogP contribution in [0.2, 0.25) is 0 Å². The number of esters is 1. The molecule has 0 unspecified atom stereocenters. The number of Topliss-reactive ketones (excluding diaryl/α,β-unsaturated/α-hetero) is 1. The van der Waals surface area contributed by atoms with E-state index in [1.54, 1.807) is 20.1 Å². The molecular weight excluding hydrogens is 535 g/mol. The maximum atomic E-state index is 14.2. The maximum absolute atomic E-state index is 14.2. The molecule has 1 aliphatic heterocycles. The highest BCUT2D eigenvalue weighted by molar-refractivity contribution is 5.96. The van der Waals surface area contributed by atoms with E-state index in [4.69, 9.17) is 9.47 Å². The molecule has 3 fully saturated rings. The van der Waals surface area contributed by atoms with E-state index in [-0.39, 0.29) is 48.6 Å². The number of likely N-dealkylation sites (tertiary alicyclic amines) is 1. The second kappa shape index (κ2) is 13.7. The number of benzene rings is 1. The Hall–Kier alpha value is -2.74. The van der Waals surface area contributed by atoms with Gasteiger partial charge >= 0.3 is 5.97 Å². The van der Waals surface area contributed by atoms with Gasteiger partial charge in [0.2, 0.25) is 5.91 Å². The maximum Gasteiger partial charge on any atom is 0.354 e. The number of aromatic nitrogens is 1. The molecule has 5 rings (SSSR count). The highest BCUT2D eigenvalue weighted by Gasteiger charge is 2.47. The summed E-state index contributed by atoms with van der Waals surface area (Å²) in [6.07, 6.45) is 8.74. The normalized spacial score (nSPS) is 29.0. The SMILES string of the molecule is CCOC(=O)c1cc2cc(CC(=O)[C@@H]3[C@H](C4CCC(OC)CC4)CCN3C(=O)C3CCC([C@H](C)CF)CC3)ccc2[nH]1. The molecule has 230 valence electrons. The van der Waals surface area contributed by atoms with E-state index in [9.17, 15) is 18.8 Å². The third kappa shape index (κ3) is 6.58. The summed E-state index contributed by atoms with van der Waals surface area (Å²) < 4.78 is 24.0. The fraction of sp³-hybridized carbons (Fsp3) is 0.676. The van der Waals surface area contributed by atoms with E-state index in [0.29, 0.717) is 30.7 Å². The molecule has 42 heavy (non-hydrogen) atoms. The summed E-state index contributed by atoms with van der Waals surface area (Å²) in [5.41, 5.74) is 2.09. The van der Waals surface area contributed by atoms with Crippen molar-refractivity contribution in [3.8, 4) is 0 Å². The first-order valence-corrected chi connectivity index (χ1v) is 16.0. The molecule has 2 saturated carbocycles. The number of nitrogens with one attached hydrogen (secondary N) is 1. The number of carbonyl (C=O) groups excluding carboxylic acids is 3. The number of carbonyl (C=O) groups is 3. The minimum absolute atomic E-state index is 0.0412. The number of alkyl halides is 1. The monoisotopic (exact) mass is 582 g/mol. The van der Waals surface area contributed by atoms with Gasteiger partial charge in [-0.25, -0.2) is 4.79 Å². The molecule has 1 aromatic heterocycles. The van der Waals surface area contributed by atoms with Crippen LogP contribution < -0.4 is 0 Å². The number of hydrogen-bond acceptors (Lipinski definition) is 5. The number of methoxy groups -OCH3 is 1. The standard InChI is InChI=1S/C34H47FN2O5/c1-4-42-34(40)30-19-26-17-22(5-14-29(26)36-30)18-31(38)32-28(24-10-12-27(41-3)13-11-24)15-16-37(32)33(39)25-8-6-23(7-9-25)21(2)20-35/h5,14,17,19,21,23-25,27-28,32,36H,4,6-13,15-16,18,20H2,1-3H3/t21-,23?,24?,25?,27?,28+,32+/m1/s1. The van der Waals surface area contributed by atoms with Crippen molar-refractivity contribution < 1.29 is 28.2 Å². The molecule has 3 atom stereocenters. The molecule has 2 aliphatic carbocycles. The van der Waals surface area contributed by atoms with Gasteiger partial charge in [0.15, 0.2) is 5.78 Å². The first kappa shape index (κ1) is 30.7. The molecule has 1 aromatic carbocycles. The van der Waals surface area contributed by atoms with Crippen molar-refractivity contribution in [2.45, 2.75) is 90.2 Å². The predicted octanol–water partition coefficient (Wildman–Crippen LogP) is 6.29. The van der Waals surface area contributed by atoms with Crippen LogP contribution in [0.5, 0.6) is 0 Å². The molecule has 3 aliphatic rings. The van der Waals surface area contributed by atoms with E-state index < -0.39 is 12.0 Å². The lowest BCUT2D eigenvalue weighted by Gasteiger charge is -2.37. The molecule has 2 heterocycles. The van der Waals surface area contributed by atoms with Gasteiger partial charge in [-0.1, -0.05) is 13.0 Å². The van der Waals surface area contributed by atoms with Crippen LogP contribution in [0.1, 0.15) is 87.7 Å². The second-order valence-corrected chi connectivity index (χ2v) is 12.9. The van der Waals surface area contributed by atoms with Crippen LogP contribution >= 0.6 is 0 Å². The number of fused-ring (bicyclic) bond motifs is 1. The number of aromatic amines is 1. The summed E-state index contributed by atoms with van der Waals surface area (Å²) in [5, 5.41) is 0.858. The highest BCUT2D eigenvalue weighted by atomic mass is 19.1. The van der Waals surface area contributed by atoms with Gasteiger partial charge in [-0.15, -0.1) is 0 Å². The Balaban J connectivity index is 1.33. The summed E-state index contributed by atoms with van der Waals surface area (Å²) in [4.78, 5) is 45.4. The molecule has 0 bridgehead atoms. The van der Waals surface area contributed by atoms with Gasteiger partial charge < -0.3 is 19.4 Å². The topological polar surface area (TPSA) is 88.7 Å². The Kier molecular flexibility index (Phi) is 10.0. The fourth-order valence-corrected chi connectivity index (χ4v) is 7.93. The molecule has 1 N–H and O–H groups in total. The van der Waals surface area contributed by atoms with Gasteiger partial charge in [0.25, 0.3) is 0 Å². The molecule has 0 spiro atoms. The Morgan fingerprint density at radius 3 is 2.43 bits per heavy atom. The lowest BCUT2D eigenvalue weighted by atomic mass is 9.74. The third-order valence-electron chi connectivity index (χ3n) is 10.4. The van der Waals surface area contributed by atoms with E-state index in [2.05, 4.69) is 4.98 Å². The first-order valence-electron chi connectivity index (χ1n) is 16.0. The molecule has 1 saturated heterocycles. The largest absolute Gasteiger partial charge is 0.461 e. The molecular formula is C34H47FN2O5.